The number of benzene rings is 1. The number of fused-ring (bicyclic) bond motifs is 5. The van der Waals surface area contributed by atoms with Crippen LogP contribution in [0, 0.1) is 34.0 Å². The summed E-state index contributed by atoms with van der Waals surface area (Å²) in [6.45, 7) is 0. The molecule has 25 heavy (non-hydrogen) atoms. The molecule has 1 spiro atoms. The van der Waals surface area contributed by atoms with Gasteiger partial charge in [0.1, 0.15) is 5.41 Å². The molecule has 3 amide bonds. The zero-order valence-electron chi connectivity index (χ0n) is 14.0. The summed E-state index contributed by atoms with van der Waals surface area (Å²) in [5, 5.41) is 20.2. The van der Waals surface area contributed by atoms with E-state index in [1.165, 1.54) is 7.05 Å². The maximum Gasteiger partial charge on any atom is 0.326 e. The molecule has 0 N–H and O–H groups in total. The quantitative estimate of drug-likeness (QED) is 0.720. The topological polar surface area (TPSA) is 88.2 Å². The average Bonchev–Trinajstić information content (AvgIpc) is 2.84. The van der Waals surface area contributed by atoms with Gasteiger partial charge in [-0.3, -0.25) is 9.69 Å². The van der Waals surface area contributed by atoms with Crippen molar-refractivity contribution < 1.29 is 9.59 Å². The highest BCUT2D eigenvalue weighted by Crippen LogP contribution is 2.77. The lowest BCUT2D eigenvalue weighted by atomic mass is 9.39. The van der Waals surface area contributed by atoms with Gasteiger partial charge >= 0.3 is 6.03 Å². The van der Waals surface area contributed by atoms with Gasteiger partial charge in [0.2, 0.25) is 5.91 Å². The normalized spacial score (nSPS) is 42.9. The minimum Gasteiger partial charge on any atom is -0.321 e. The van der Waals surface area contributed by atoms with Crippen molar-refractivity contribution in [1.29, 1.82) is 10.5 Å². The van der Waals surface area contributed by atoms with Crippen LogP contribution in [0.3, 0.4) is 0 Å². The van der Waals surface area contributed by atoms with Crippen LogP contribution in [0.15, 0.2) is 24.3 Å². The number of nitrogens with zero attached hydrogens (tertiary/aromatic N) is 4. The third kappa shape index (κ3) is 1.12. The van der Waals surface area contributed by atoms with E-state index in [1.807, 2.05) is 24.3 Å². The third-order valence-corrected chi connectivity index (χ3v) is 7.20. The Bertz CT molecular complexity index is 959. The molecule has 2 saturated carbocycles. The highest BCUT2D eigenvalue weighted by atomic mass is 16.2. The number of rotatable bonds is 0. The number of hydrogen-bond donors (Lipinski definition) is 0. The Balaban J connectivity index is 1.88. The Hall–Kier alpha value is -2.86. The van der Waals surface area contributed by atoms with Crippen molar-refractivity contribution in [1.82, 2.24) is 9.80 Å². The van der Waals surface area contributed by atoms with Gasteiger partial charge in [0.05, 0.1) is 29.0 Å². The summed E-state index contributed by atoms with van der Waals surface area (Å²) in [6, 6.07) is 11.6. The maximum absolute atomic E-state index is 13.2. The standard InChI is InChI=1S/C19H16N4O2/c1-22-14-18(15(24)23(2)16(22)25)8-17(9-20)7-13(18)19(14,10-21)12-6-4-3-5-11(12)17/h3-6,13-14H,7-8H2,1-2H3. The zero-order valence-corrected chi connectivity index (χ0v) is 14.0. The fourth-order valence-corrected chi connectivity index (χ4v) is 6.47. The third-order valence-electron chi connectivity index (χ3n) is 7.20. The van der Waals surface area contributed by atoms with E-state index < -0.39 is 22.3 Å². The molecule has 2 bridgehead atoms. The number of hydrogen-bond acceptors (Lipinski definition) is 4. The molecule has 1 aromatic rings. The fourth-order valence-electron chi connectivity index (χ4n) is 6.47. The van der Waals surface area contributed by atoms with Crippen LogP contribution >= 0.6 is 0 Å². The van der Waals surface area contributed by atoms with Crippen molar-refractivity contribution in [2.45, 2.75) is 29.7 Å². The molecule has 5 rings (SSSR count). The molecule has 4 aliphatic rings. The lowest BCUT2D eigenvalue weighted by Crippen LogP contribution is -2.81. The van der Waals surface area contributed by atoms with Crippen LogP contribution in [-0.4, -0.2) is 41.9 Å². The largest absolute Gasteiger partial charge is 0.326 e. The number of nitriles is 2. The summed E-state index contributed by atoms with van der Waals surface area (Å²) in [4.78, 5) is 28.5. The lowest BCUT2D eigenvalue weighted by Gasteiger charge is -2.67. The van der Waals surface area contributed by atoms with Crippen molar-refractivity contribution in [2.24, 2.45) is 11.3 Å². The average molecular weight is 332 g/mol. The van der Waals surface area contributed by atoms with Crippen LogP contribution in [0.2, 0.25) is 0 Å². The number of amides is 3. The molecule has 1 saturated heterocycles. The van der Waals surface area contributed by atoms with Gasteiger partial charge in [-0.2, -0.15) is 10.5 Å². The highest BCUT2D eigenvalue weighted by molar-refractivity contribution is 6.03. The summed E-state index contributed by atoms with van der Waals surface area (Å²) >= 11 is 0. The first-order chi connectivity index (χ1) is 11.9. The maximum atomic E-state index is 13.2. The summed E-state index contributed by atoms with van der Waals surface area (Å²) in [5.41, 5.74) is -0.812. The zero-order chi connectivity index (χ0) is 17.8. The van der Waals surface area contributed by atoms with Crippen molar-refractivity contribution >= 4 is 11.9 Å². The Kier molecular flexibility index (Phi) is 2.24. The van der Waals surface area contributed by atoms with Gasteiger partial charge in [-0.15, -0.1) is 0 Å². The molecule has 1 aliphatic heterocycles. The molecule has 0 radical (unpaired) electrons. The number of carbonyl (C=O) groups is 2. The molecule has 3 fully saturated rings. The number of imide groups is 1. The molecule has 3 aliphatic carbocycles. The van der Waals surface area contributed by atoms with Crippen molar-refractivity contribution in [3.63, 3.8) is 0 Å². The van der Waals surface area contributed by atoms with Crippen molar-refractivity contribution in [3.8, 4) is 12.1 Å². The first-order valence-electron chi connectivity index (χ1n) is 8.38. The van der Waals surface area contributed by atoms with Gasteiger partial charge in [0.25, 0.3) is 0 Å². The molecule has 6 heteroatoms. The van der Waals surface area contributed by atoms with Gasteiger partial charge in [-0.05, 0) is 24.0 Å². The van der Waals surface area contributed by atoms with E-state index in [9.17, 15) is 20.1 Å². The molecule has 5 atom stereocenters. The van der Waals surface area contributed by atoms with Crippen molar-refractivity contribution in [2.75, 3.05) is 14.1 Å². The Morgan fingerprint density at radius 3 is 2.44 bits per heavy atom. The summed E-state index contributed by atoms with van der Waals surface area (Å²) in [7, 11) is 3.16. The highest BCUT2D eigenvalue weighted by Gasteiger charge is 2.86. The smallest absolute Gasteiger partial charge is 0.321 e. The number of carbonyl (C=O) groups excluding carboxylic acids is 2. The molecular formula is C19H16N4O2. The predicted octanol–water partition coefficient (Wildman–Crippen LogP) is 1.53. The first kappa shape index (κ1) is 14.5. The minimum atomic E-state index is -0.908. The van der Waals surface area contributed by atoms with E-state index in [4.69, 9.17) is 0 Å². The second-order valence-electron chi connectivity index (χ2n) is 7.85. The van der Waals surface area contributed by atoms with Crippen LogP contribution in [0.4, 0.5) is 4.79 Å². The SMILES string of the molecule is CN1C(=O)N(C)C2C3(CC4(C#N)CC3C2(C#N)c2ccccc24)C1=O. The predicted molar refractivity (Wildman–Crippen MR) is 85.9 cm³/mol. The van der Waals surface area contributed by atoms with Gasteiger partial charge in [0, 0.05) is 20.0 Å². The van der Waals surface area contributed by atoms with Crippen LogP contribution in [0.5, 0.6) is 0 Å². The van der Waals surface area contributed by atoms with Gasteiger partial charge in [-0.25, -0.2) is 4.79 Å². The van der Waals surface area contributed by atoms with E-state index in [2.05, 4.69) is 12.1 Å². The van der Waals surface area contributed by atoms with E-state index >= 15 is 0 Å². The second-order valence-corrected chi connectivity index (χ2v) is 7.85. The van der Waals surface area contributed by atoms with Gasteiger partial charge in [-0.1, -0.05) is 24.3 Å². The van der Waals surface area contributed by atoms with E-state index in [-0.39, 0.29) is 17.9 Å². The van der Waals surface area contributed by atoms with E-state index in [0.717, 1.165) is 16.0 Å². The lowest BCUT2D eigenvalue weighted by molar-refractivity contribution is -0.178. The van der Waals surface area contributed by atoms with Crippen LogP contribution < -0.4 is 0 Å². The minimum absolute atomic E-state index is 0.227. The Morgan fingerprint density at radius 1 is 1.12 bits per heavy atom. The van der Waals surface area contributed by atoms with Crippen LogP contribution in [0.25, 0.3) is 0 Å². The molecule has 124 valence electrons. The summed E-state index contributed by atoms with van der Waals surface area (Å²) in [5.74, 6) is -0.462. The first-order valence-corrected chi connectivity index (χ1v) is 8.38. The summed E-state index contributed by atoms with van der Waals surface area (Å²) in [6.07, 6.45) is 0.888. The molecule has 1 aromatic carbocycles. The molecule has 6 nitrogen and oxygen atoms in total. The molecule has 0 aromatic heterocycles. The van der Waals surface area contributed by atoms with Gasteiger partial charge in [0.15, 0.2) is 0 Å². The Morgan fingerprint density at radius 2 is 1.80 bits per heavy atom. The molecule has 5 unspecified atom stereocenters. The monoisotopic (exact) mass is 332 g/mol. The second kappa shape index (κ2) is 3.86. The van der Waals surface area contributed by atoms with Crippen molar-refractivity contribution in [3.05, 3.63) is 35.4 Å². The Labute approximate surface area is 145 Å². The van der Waals surface area contributed by atoms with Crippen LogP contribution in [0.1, 0.15) is 24.0 Å². The van der Waals surface area contributed by atoms with Gasteiger partial charge < -0.3 is 4.90 Å². The number of likely N-dealkylation sites (N-methyl/N-ethyl adjacent to an activating group) is 1. The molecule has 1 heterocycles. The van der Waals surface area contributed by atoms with Crippen LogP contribution in [-0.2, 0) is 15.6 Å². The number of urea groups is 1. The summed E-state index contributed by atoms with van der Waals surface area (Å²) < 4.78 is 0. The molecular weight excluding hydrogens is 316 g/mol. The fraction of sp³-hybridized carbons (Fsp3) is 0.474. The van der Waals surface area contributed by atoms with E-state index in [0.29, 0.717) is 12.8 Å². The van der Waals surface area contributed by atoms with E-state index in [1.54, 1.807) is 11.9 Å².